The molecule has 1 rings (SSSR count). The van der Waals surface area contributed by atoms with Crippen LogP contribution in [0.15, 0.2) is 0 Å². The Bertz CT molecular complexity index is 296. The van der Waals surface area contributed by atoms with Crippen LogP contribution in [0.2, 0.25) is 0 Å². The van der Waals surface area contributed by atoms with Crippen molar-refractivity contribution in [2.45, 2.75) is 32.7 Å². The first-order valence-corrected chi connectivity index (χ1v) is 6.38. The molecule has 1 aliphatic rings. The molecule has 2 N–H and O–H groups in total. The zero-order valence-electron chi connectivity index (χ0n) is 11.0. The fourth-order valence-corrected chi connectivity index (χ4v) is 2.34. The van der Waals surface area contributed by atoms with Gasteiger partial charge in [-0.25, -0.2) is 4.79 Å². The van der Waals surface area contributed by atoms with Crippen molar-refractivity contribution in [3.8, 4) is 0 Å². The minimum Gasteiger partial charge on any atom is -0.481 e. The standard InChI is InChI=1S/C12H22N2O4/c1-3-18-12(17)13-10-6-9(2)7-14(8-10)5-4-11(15)16/h9-10H,3-8H2,1-2H3,(H,13,17)(H,15,16). The smallest absolute Gasteiger partial charge is 0.407 e. The second-order valence-corrected chi connectivity index (χ2v) is 4.81. The van der Waals surface area contributed by atoms with Crippen LogP contribution in [-0.2, 0) is 9.53 Å². The van der Waals surface area contributed by atoms with E-state index in [0.717, 1.165) is 13.0 Å². The predicted octanol–water partition coefficient (Wildman–Crippen LogP) is 0.918. The third-order valence-corrected chi connectivity index (χ3v) is 2.97. The van der Waals surface area contributed by atoms with E-state index in [1.807, 2.05) is 0 Å². The van der Waals surface area contributed by atoms with Gasteiger partial charge in [0.15, 0.2) is 0 Å². The fourth-order valence-electron chi connectivity index (χ4n) is 2.34. The van der Waals surface area contributed by atoms with Gasteiger partial charge in [-0.1, -0.05) is 6.92 Å². The van der Waals surface area contributed by atoms with Crippen molar-refractivity contribution in [3.05, 3.63) is 0 Å². The number of amides is 1. The summed E-state index contributed by atoms with van der Waals surface area (Å²) in [6, 6.07) is 0.0431. The van der Waals surface area contributed by atoms with E-state index in [4.69, 9.17) is 9.84 Å². The van der Waals surface area contributed by atoms with Gasteiger partial charge in [0.25, 0.3) is 0 Å². The first kappa shape index (κ1) is 14.8. The van der Waals surface area contributed by atoms with Gasteiger partial charge in [-0.15, -0.1) is 0 Å². The molecule has 0 aromatic heterocycles. The van der Waals surface area contributed by atoms with Crippen molar-refractivity contribution in [1.29, 1.82) is 0 Å². The first-order chi connectivity index (χ1) is 8.51. The Labute approximate surface area is 107 Å². The van der Waals surface area contributed by atoms with Crippen molar-refractivity contribution >= 4 is 12.1 Å². The maximum absolute atomic E-state index is 11.3. The Morgan fingerprint density at radius 2 is 2.17 bits per heavy atom. The van der Waals surface area contributed by atoms with Gasteiger partial charge >= 0.3 is 12.1 Å². The van der Waals surface area contributed by atoms with Crippen molar-refractivity contribution < 1.29 is 19.4 Å². The summed E-state index contributed by atoms with van der Waals surface area (Å²) in [6.07, 6.45) is 0.649. The number of hydrogen-bond donors (Lipinski definition) is 2. The number of nitrogens with zero attached hydrogens (tertiary/aromatic N) is 1. The molecule has 1 amide bonds. The number of carbonyl (C=O) groups excluding carboxylic acids is 1. The molecule has 0 aromatic rings. The zero-order valence-corrected chi connectivity index (χ0v) is 11.0. The third kappa shape index (κ3) is 5.35. The number of alkyl carbamates (subject to hydrolysis) is 1. The lowest BCUT2D eigenvalue weighted by Gasteiger charge is -2.36. The average molecular weight is 258 g/mol. The Balaban J connectivity index is 2.40. The lowest BCUT2D eigenvalue weighted by Crippen LogP contribution is -2.50. The molecule has 0 spiro atoms. The Hall–Kier alpha value is -1.30. The molecule has 1 aliphatic heterocycles. The molecular weight excluding hydrogens is 236 g/mol. The lowest BCUT2D eigenvalue weighted by molar-refractivity contribution is -0.137. The number of carboxylic acid groups (broad SMARTS) is 1. The van der Waals surface area contributed by atoms with Gasteiger partial charge in [0.2, 0.25) is 0 Å². The molecule has 2 atom stereocenters. The van der Waals surface area contributed by atoms with Crippen LogP contribution in [0.4, 0.5) is 4.79 Å². The van der Waals surface area contributed by atoms with E-state index in [0.29, 0.717) is 25.6 Å². The summed E-state index contributed by atoms with van der Waals surface area (Å²) in [7, 11) is 0. The number of aliphatic carboxylic acids is 1. The molecule has 0 saturated carbocycles. The molecule has 6 nitrogen and oxygen atoms in total. The number of rotatable bonds is 5. The number of likely N-dealkylation sites (tertiary alicyclic amines) is 1. The summed E-state index contributed by atoms with van der Waals surface area (Å²) in [5, 5.41) is 11.5. The molecule has 104 valence electrons. The van der Waals surface area contributed by atoms with Crippen LogP contribution >= 0.6 is 0 Å². The van der Waals surface area contributed by atoms with Crippen LogP contribution in [0.3, 0.4) is 0 Å². The normalized spacial score (nSPS) is 24.6. The topological polar surface area (TPSA) is 78.9 Å². The fraction of sp³-hybridized carbons (Fsp3) is 0.833. The molecule has 0 aliphatic carbocycles. The molecule has 6 heteroatoms. The number of hydrogen-bond acceptors (Lipinski definition) is 4. The Morgan fingerprint density at radius 3 is 2.78 bits per heavy atom. The first-order valence-electron chi connectivity index (χ1n) is 6.38. The Morgan fingerprint density at radius 1 is 1.44 bits per heavy atom. The number of nitrogens with one attached hydrogen (secondary N) is 1. The number of carbonyl (C=O) groups is 2. The molecular formula is C12H22N2O4. The summed E-state index contributed by atoms with van der Waals surface area (Å²) in [6.45, 7) is 6.33. The third-order valence-electron chi connectivity index (χ3n) is 2.97. The maximum atomic E-state index is 11.3. The van der Waals surface area contributed by atoms with E-state index in [2.05, 4.69) is 17.1 Å². The van der Waals surface area contributed by atoms with E-state index in [9.17, 15) is 9.59 Å². The van der Waals surface area contributed by atoms with Crippen molar-refractivity contribution in [2.24, 2.45) is 5.92 Å². The SMILES string of the molecule is CCOC(=O)NC1CC(C)CN(CCC(=O)O)C1. The highest BCUT2D eigenvalue weighted by atomic mass is 16.5. The van der Waals surface area contributed by atoms with E-state index >= 15 is 0 Å². The number of carboxylic acids is 1. The van der Waals surface area contributed by atoms with Gasteiger partial charge in [-0.2, -0.15) is 0 Å². The zero-order chi connectivity index (χ0) is 13.5. The van der Waals surface area contributed by atoms with Crippen molar-refractivity contribution in [3.63, 3.8) is 0 Å². The van der Waals surface area contributed by atoms with E-state index in [-0.39, 0.29) is 12.5 Å². The maximum Gasteiger partial charge on any atom is 0.407 e. The average Bonchev–Trinajstić information content (AvgIpc) is 2.25. The Kier molecular flexibility index (Phi) is 5.91. The van der Waals surface area contributed by atoms with E-state index in [1.165, 1.54) is 0 Å². The largest absolute Gasteiger partial charge is 0.481 e. The molecule has 0 bridgehead atoms. The second kappa shape index (κ2) is 7.20. The van der Waals surface area contributed by atoms with Gasteiger partial charge in [0, 0.05) is 25.7 Å². The minimum atomic E-state index is -0.789. The van der Waals surface area contributed by atoms with Crippen LogP contribution in [0.25, 0.3) is 0 Å². The summed E-state index contributed by atoms with van der Waals surface area (Å²) >= 11 is 0. The molecule has 1 saturated heterocycles. The van der Waals surface area contributed by atoms with Crippen LogP contribution in [0, 0.1) is 5.92 Å². The predicted molar refractivity (Wildman–Crippen MR) is 66.4 cm³/mol. The molecule has 1 fully saturated rings. The van der Waals surface area contributed by atoms with Gasteiger partial charge in [0.05, 0.1) is 13.0 Å². The summed E-state index contributed by atoms with van der Waals surface area (Å²) < 4.78 is 4.85. The highest BCUT2D eigenvalue weighted by Crippen LogP contribution is 2.16. The van der Waals surface area contributed by atoms with Crippen molar-refractivity contribution in [2.75, 3.05) is 26.2 Å². The molecule has 0 radical (unpaired) electrons. The second-order valence-electron chi connectivity index (χ2n) is 4.81. The molecule has 18 heavy (non-hydrogen) atoms. The highest BCUT2D eigenvalue weighted by molar-refractivity contribution is 5.67. The molecule has 0 aromatic carbocycles. The van der Waals surface area contributed by atoms with Crippen molar-refractivity contribution in [1.82, 2.24) is 10.2 Å². The number of ether oxygens (including phenoxy) is 1. The van der Waals surface area contributed by atoms with E-state index in [1.54, 1.807) is 6.92 Å². The van der Waals surface area contributed by atoms with Gasteiger partial charge in [-0.05, 0) is 19.3 Å². The summed E-state index contributed by atoms with van der Waals surface area (Å²) in [5.74, 6) is -0.345. The quantitative estimate of drug-likeness (QED) is 0.766. The van der Waals surface area contributed by atoms with E-state index < -0.39 is 12.1 Å². The van der Waals surface area contributed by atoms with Gasteiger partial charge < -0.3 is 20.1 Å². The summed E-state index contributed by atoms with van der Waals surface area (Å²) in [5.41, 5.74) is 0. The monoisotopic (exact) mass is 258 g/mol. The van der Waals surface area contributed by atoms with Gasteiger partial charge in [-0.3, -0.25) is 4.79 Å². The van der Waals surface area contributed by atoms with Crippen LogP contribution < -0.4 is 5.32 Å². The minimum absolute atomic E-state index is 0.0431. The molecule has 1 heterocycles. The summed E-state index contributed by atoms with van der Waals surface area (Å²) in [4.78, 5) is 24.0. The van der Waals surface area contributed by atoms with Crippen LogP contribution in [0.5, 0.6) is 0 Å². The highest BCUT2D eigenvalue weighted by Gasteiger charge is 2.26. The number of piperidine rings is 1. The van der Waals surface area contributed by atoms with Crippen LogP contribution in [0.1, 0.15) is 26.7 Å². The lowest BCUT2D eigenvalue weighted by atomic mass is 9.96. The van der Waals surface area contributed by atoms with Crippen LogP contribution in [-0.4, -0.2) is 54.4 Å². The molecule has 2 unspecified atom stereocenters. The van der Waals surface area contributed by atoms with Gasteiger partial charge in [0.1, 0.15) is 0 Å².